The van der Waals surface area contributed by atoms with Crippen LogP contribution in [0.1, 0.15) is 6.92 Å². The molecule has 2 amide bonds. The molecule has 4 heteroatoms. The molecule has 0 saturated heterocycles. The fourth-order valence-corrected chi connectivity index (χ4v) is 1.31. The summed E-state index contributed by atoms with van der Waals surface area (Å²) in [4.78, 5) is 24.4. The maximum atomic E-state index is 11.7. The van der Waals surface area contributed by atoms with Gasteiger partial charge in [0.1, 0.15) is 6.73 Å². The molecule has 0 spiro atoms. The Morgan fingerprint density at radius 3 is 2.00 bits per heavy atom. The molecule has 0 aromatic carbocycles. The van der Waals surface area contributed by atoms with Gasteiger partial charge in [0.25, 0.3) is 11.8 Å². The summed E-state index contributed by atoms with van der Waals surface area (Å²) in [6, 6.07) is 0. The van der Waals surface area contributed by atoms with E-state index in [9.17, 15) is 9.59 Å². The Hall–Kier alpha value is -1.68. The van der Waals surface area contributed by atoms with Crippen molar-refractivity contribution in [2.75, 3.05) is 13.3 Å². The van der Waals surface area contributed by atoms with Gasteiger partial charge < -0.3 is 4.74 Å². The molecule has 0 fully saturated rings. The molecule has 0 aromatic heterocycles. The molecule has 1 aliphatic rings. The normalized spacial score (nSPS) is 16.2. The number of hydrogen-bond donors (Lipinski definition) is 0. The number of hydrogen-bond acceptors (Lipinski definition) is 3. The molecule has 1 rings (SSSR count). The third kappa shape index (κ3) is 1.89. The van der Waals surface area contributed by atoms with E-state index in [1.807, 2.05) is 0 Å². The molecule has 15 heavy (non-hydrogen) atoms. The minimum atomic E-state index is -0.377. The van der Waals surface area contributed by atoms with Crippen LogP contribution in [0.2, 0.25) is 0 Å². The van der Waals surface area contributed by atoms with Gasteiger partial charge in [-0.25, -0.2) is 4.90 Å². The minimum absolute atomic E-state index is 0.0250. The van der Waals surface area contributed by atoms with Gasteiger partial charge in [0, 0.05) is 6.61 Å². The molecule has 0 bridgehead atoms. The van der Waals surface area contributed by atoms with E-state index in [1.165, 1.54) is 12.2 Å². The molecular formula is C11H13NO3. The summed E-state index contributed by atoms with van der Waals surface area (Å²) in [6.07, 6.45) is 2.73. The number of amides is 2. The van der Waals surface area contributed by atoms with E-state index >= 15 is 0 Å². The highest BCUT2D eigenvalue weighted by atomic mass is 16.5. The van der Waals surface area contributed by atoms with Crippen molar-refractivity contribution < 1.29 is 14.3 Å². The summed E-state index contributed by atoms with van der Waals surface area (Å²) >= 11 is 0. The third-order valence-electron chi connectivity index (χ3n) is 2.07. The first kappa shape index (κ1) is 11.4. The molecule has 1 heterocycles. The van der Waals surface area contributed by atoms with Crippen LogP contribution in [0, 0.1) is 0 Å². The summed E-state index contributed by atoms with van der Waals surface area (Å²) in [5.74, 6) is -0.753. The molecule has 0 aromatic rings. The summed E-state index contributed by atoms with van der Waals surface area (Å²) < 4.78 is 5.03. The minimum Gasteiger partial charge on any atom is -0.361 e. The van der Waals surface area contributed by atoms with E-state index in [2.05, 4.69) is 13.2 Å². The lowest BCUT2D eigenvalue weighted by molar-refractivity contribution is -0.143. The quantitative estimate of drug-likeness (QED) is 0.632. The number of imide groups is 1. The molecule has 4 nitrogen and oxygen atoms in total. The monoisotopic (exact) mass is 207 g/mol. The van der Waals surface area contributed by atoms with E-state index in [0.29, 0.717) is 6.61 Å². The lowest BCUT2D eigenvalue weighted by Crippen LogP contribution is -2.33. The summed E-state index contributed by atoms with van der Waals surface area (Å²) in [5, 5.41) is 0. The predicted molar refractivity (Wildman–Crippen MR) is 55.8 cm³/mol. The standard InChI is InChI=1S/C11H13NO3/c1-4-8-9(5-2)11(14)12(10(8)13)7-15-6-3/h4-5H,1-2,6-7H2,3H3. The highest BCUT2D eigenvalue weighted by Gasteiger charge is 2.34. The summed E-state index contributed by atoms with van der Waals surface area (Å²) in [6.45, 7) is 9.20. The van der Waals surface area contributed by atoms with Crippen LogP contribution < -0.4 is 0 Å². The second-order valence-corrected chi connectivity index (χ2v) is 2.90. The van der Waals surface area contributed by atoms with E-state index in [-0.39, 0.29) is 29.7 Å². The molecule has 0 N–H and O–H groups in total. The predicted octanol–water partition coefficient (Wildman–Crippen LogP) is 1.02. The van der Waals surface area contributed by atoms with Crippen molar-refractivity contribution in [1.82, 2.24) is 4.90 Å². The van der Waals surface area contributed by atoms with Crippen molar-refractivity contribution in [3.05, 3.63) is 36.5 Å². The fraction of sp³-hybridized carbons (Fsp3) is 0.273. The number of rotatable bonds is 5. The Morgan fingerprint density at radius 2 is 1.67 bits per heavy atom. The van der Waals surface area contributed by atoms with Crippen molar-refractivity contribution in [2.45, 2.75) is 6.92 Å². The lowest BCUT2D eigenvalue weighted by atomic mass is 10.1. The van der Waals surface area contributed by atoms with Gasteiger partial charge in [-0.3, -0.25) is 9.59 Å². The topological polar surface area (TPSA) is 46.6 Å². The van der Waals surface area contributed by atoms with Crippen LogP contribution in [0.25, 0.3) is 0 Å². The Kier molecular flexibility index (Phi) is 3.57. The van der Waals surface area contributed by atoms with Crippen molar-refractivity contribution in [3.63, 3.8) is 0 Å². The molecule has 0 unspecified atom stereocenters. The molecule has 0 atom stereocenters. The number of carbonyl (C=O) groups is 2. The van der Waals surface area contributed by atoms with Gasteiger partial charge >= 0.3 is 0 Å². The van der Waals surface area contributed by atoms with Gasteiger partial charge in [0.05, 0.1) is 11.1 Å². The SMILES string of the molecule is C=CC1=C(C=C)C(=O)N(COCC)C1=O. The first-order chi connectivity index (χ1) is 7.17. The van der Waals surface area contributed by atoms with Gasteiger partial charge in [-0.2, -0.15) is 0 Å². The van der Waals surface area contributed by atoms with Crippen molar-refractivity contribution in [3.8, 4) is 0 Å². The van der Waals surface area contributed by atoms with Crippen molar-refractivity contribution in [2.24, 2.45) is 0 Å². The van der Waals surface area contributed by atoms with Crippen LogP contribution in [0.5, 0.6) is 0 Å². The van der Waals surface area contributed by atoms with Gasteiger partial charge in [-0.05, 0) is 6.92 Å². The second-order valence-electron chi connectivity index (χ2n) is 2.90. The van der Waals surface area contributed by atoms with Gasteiger partial charge in [-0.15, -0.1) is 0 Å². The number of nitrogens with zero attached hydrogens (tertiary/aromatic N) is 1. The third-order valence-corrected chi connectivity index (χ3v) is 2.07. The van der Waals surface area contributed by atoms with Crippen LogP contribution in [-0.4, -0.2) is 30.1 Å². The molecule has 0 aliphatic carbocycles. The average Bonchev–Trinajstić information content (AvgIpc) is 2.47. The molecule has 0 saturated carbocycles. The van der Waals surface area contributed by atoms with Gasteiger partial charge in [0.2, 0.25) is 0 Å². The van der Waals surface area contributed by atoms with Crippen LogP contribution in [0.15, 0.2) is 36.5 Å². The zero-order chi connectivity index (χ0) is 11.4. The van der Waals surface area contributed by atoms with E-state index < -0.39 is 0 Å². The highest BCUT2D eigenvalue weighted by molar-refractivity contribution is 6.21. The zero-order valence-electron chi connectivity index (χ0n) is 8.66. The van der Waals surface area contributed by atoms with Gasteiger partial charge in [0.15, 0.2) is 0 Å². The zero-order valence-corrected chi connectivity index (χ0v) is 8.66. The maximum Gasteiger partial charge on any atom is 0.263 e. The molecular weight excluding hydrogens is 194 g/mol. The van der Waals surface area contributed by atoms with Crippen LogP contribution in [0.3, 0.4) is 0 Å². The Labute approximate surface area is 88.5 Å². The largest absolute Gasteiger partial charge is 0.361 e. The first-order valence-corrected chi connectivity index (χ1v) is 4.60. The van der Waals surface area contributed by atoms with Crippen LogP contribution in [0.4, 0.5) is 0 Å². The highest BCUT2D eigenvalue weighted by Crippen LogP contribution is 2.21. The summed E-state index contributed by atoms with van der Waals surface area (Å²) in [7, 11) is 0. The first-order valence-electron chi connectivity index (χ1n) is 4.60. The second kappa shape index (κ2) is 4.70. The lowest BCUT2D eigenvalue weighted by Gasteiger charge is -2.13. The van der Waals surface area contributed by atoms with Gasteiger partial charge in [-0.1, -0.05) is 25.3 Å². The van der Waals surface area contributed by atoms with E-state index in [4.69, 9.17) is 4.74 Å². The number of ether oxygens (including phenoxy) is 1. The van der Waals surface area contributed by atoms with E-state index in [0.717, 1.165) is 4.90 Å². The maximum absolute atomic E-state index is 11.7. The summed E-state index contributed by atoms with van der Waals surface area (Å²) in [5.41, 5.74) is 0.574. The Bertz CT molecular complexity index is 325. The smallest absolute Gasteiger partial charge is 0.263 e. The van der Waals surface area contributed by atoms with Crippen molar-refractivity contribution >= 4 is 11.8 Å². The number of carbonyl (C=O) groups excluding carboxylic acids is 2. The molecule has 80 valence electrons. The molecule has 0 radical (unpaired) electrons. The van der Waals surface area contributed by atoms with E-state index in [1.54, 1.807) is 6.92 Å². The molecule has 1 aliphatic heterocycles. The van der Waals surface area contributed by atoms with Crippen molar-refractivity contribution in [1.29, 1.82) is 0 Å². The Morgan fingerprint density at radius 1 is 1.20 bits per heavy atom. The van der Waals surface area contributed by atoms with Crippen LogP contribution in [-0.2, 0) is 14.3 Å². The fourth-order valence-electron chi connectivity index (χ4n) is 1.31. The average molecular weight is 207 g/mol. The Balaban J connectivity index is 2.94. The van der Waals surface area contributed by atoms with Crippen LogP contribution >= 0.6 is 0 Å².